The van der Waals surface area contributed by atoms with E-state index < -0.39 is 0 Å². The number of nitrogens with zero attached hydrogens (tertiary/aromatic N) is 5. The molecule has 8 nitrogen and oxygen atoms in total. The van der Waals surface area contributed by atoms with Crippen molar-refractivity contribution < 1.29 is 0 Å². The monoisotopic (exact) mass is 278 g/mol. The molecule has 2 aromatic rings. The molecule has 0 saturated carbocycles. The molecule has 0 aliphatic heterocycles. The lowest BCUT2D eigenvalue weighted by Crippen LogP contribution is -2.40. The van der Waals surface area contributed by atoms with E-state index in [1.165, 1.54) is 23.2 Å². The summed E-state index contributed by atoms with van der Waals surface area (Å²) in [5.74, 6) is 0.667. The van der Waals surface area contributed by atoms with Crippen molar-refractivity contribution in [1.82, 2.24) is 23.9 Å². The van der Waals surface area contributed by atoms with Gasteiger partial charge in [-0.15, -0.1) is 0 Å². The summed E-state index contributed by atoms with van der Waals surface area (Å²) in [6.07, 6.45) is 2.92. The standard InChI is InChI=1S/C12H18N6O2/c1-9(2)18-10(14-8-15-18)7-16-5-3-11(19)17(6-4-13)12(16)20/h3,5,8-9H,4,6-7,13H2,1-2H3. The van der Waals surface area contributed by atoms with E-state index in [2.05, 4.69) is 10.1 Å². The minimum Gasteiger partial charge on any atom is -0.329 e. The zero-order valence-electron chi connectivity index (χ0n) is 11.6. The summed E-state index contributed by atoms with van der Waals surface area (Å²) < 4.78 is 4.29. The Morgan fingerprint density at radius 1 is 1.35 bits per heavy atom. The highest BCUT2D eigenvalue weighted by atomic mass is 16.2. The van der Waals surface area contributed by atoms with Crippen LogP contribution in [0, 0.1) is 0 Å². The van der Waals surface area contributed by atoms with Crippen LogP contribution in [-0.4, -0.2) is 30.4 Å². The molecule has 2 rings (SSSR count). The van der Waals surface area contributed by atoms with Crippen LogP contribution < -0.4 is 17.0 Å². The Bertz CT molecular complexity index is 696. The second kappa shape index (κ2) is 5.83. The minimum atomic E-state index is -0.388. The van der Waals surface area contributed by atoms with Gasteiger partial charge < -0.3 is 5.73 Å². The average Bonchev–Trinajstić information content (AvgIpc) is 2.86. The summed E-state index contributed by atoms with van der Waals surface area (Å²) in [5.41, 5.74) is 4.68. The van der Waals surface area contributed by atoms with E-state index in [1.807, 2.05) is 13.8 Å². The quantitative estimate of drug-likeness (QED) is 0.771. The first-order valence-corrected chi connectivity index (χ1v) is 6.43. The van der Waals surface area contributed by atoms with Crippen molar-refractivity contribution in [2.24, 2.45) is 5.73 Å². The highest BCUT2D eigenvalue weighted by molar-refractivity contribution is 4.93. The maximum absolute atomic E-state index is 12.2. The SMILES string of the molecule is CC(C)n1ncnc1Cn1ccc(=O)n(CCN)c1=O. The number of hydrogen-bond donors (Lipinski definition) is 1. The van der Waals surface area contributed by atoms with E-state index in [0.29, 0.717) is 5.82 Å². The number of nitrogens with two attached hydrogens (primary N) is 1. The van der Waals surface area contributed by atoms with Gasteiger partial charge in [-0.25, -0.2) is 14.5 Å². The molecule has 20 heavy (non-hydrogen) atoms. The Morgan fingerprint density at radius 2 is 2.10 bits per heavy atom. The smallest absolute Gasteiger partial charge is 0.329 e. The largest absolute Gasteiger partial charge is 0.331 e. The highest BCUT2D eigenvalue weighted by Crippen LogP contribution is 2.05. The Hall–Kier alpha value is -2.22. The summed E-state index contributed by atoms with van der Waals surface area (Å²) in [6, 6.07) is 1.51. The third-order valence-corrected chi connectivity index (χ3v) is 2.94. The van der Waals surface area contributed by atoms with E-state index in [0.717, 1.165) is 4.57 Å². The summed E-state index contributed by atoms with van der Waals surface area (Å²) >= 11 is 0. The first kappa shape index (κ1) is 14.2. The second-order valence-electron chi connectivity index (χ2n) is 4.72. The Labute approximate surface area is 115 Å². The van der Waals surface area contributed by atoms with Crippen LogP contribution in [0.3, 0.4) is 0 Å². The second-order valence-corrected chi connectivity index (χ2v) is 4.72. The van der Waals surface area contributed by atoms with Gasteiger partial charge in [-0.2, -0.15) is 5.10 Å². The van der Waals surface area contributed by atoms with Crippen LogP contribution in [0.1, 0.15) is 25.7 Å². The van der Waals surface area contributed by atoms with Crippen LogP contribution in [0.2, 0.25) is 0 Å². The molecule has 0 spiro atoms. The van der Waals surface area contributed by atoms with E-state index in [4.69, 9.17) is 5.73 Å². The maximum Gasteiger partial charge on any atom is 0.331 e. The number of rotatable bonds is 5. The fraction of sp³-hybridized carbons (Fsp3) is 0.500. The van der Waals surface area contributed by atoms with Crippen LogP contribution in [0.25, 0.3) is 0 Å². The van der Waals surface area contributed by atoms with Gasteiger partial charge >= 0.3 is 5.69 Å². The van der Waals surface area contributed by atoms with Crippen molar-refractivity contribution in [3.63, 3.8) is 0 Å². The van der Waals surface area contributed by atoms with Crippen molar-refractivity contribution in [2.75, 3.05) is 6.54 Å². The number of aromatic nitrogens is 5. The Morgan fingerprint density at radius 3 is 2.75 bits per heavy atom. The summed E-state index contributed by atoms with van der Waals surface area (Å²) in [4.78, 5) is 28.0. The lowest BCUT2D eigenvalue weighted by atomic mass is 10.4. The molecule has 0 atom stereocenters. The first-order valence-electron chi connectivity index (χ1n) is 6.43. The van der Waals surface area contributed by atoms with Crippen molar-refractivity contribution in [3.05, 3.63) is 45.3 Å². The summed E-state index contributed by atoms with van der Waals surface area (Å²) in [7, 11) is 0. The third-order valence-electron chi connectivity index (χ3n) is 2.94. The molecule has 108 valence electrons. The van der Waals surface area contributed by atoms with E-state index in [1.54, 1.807) is 4.68 Å². The molecule has 0 aliphatic carbocycles. The predicted molar refractivity (Wildman–Crippen MR) is 73.5 cm³/mol. The molecule has 0 unspecified atom stereocenters. The number of hydrogen-bond acceptors (Lipinski definition) is 5. The van der Waals surface area contributed by atoms with Gasteiger partial charge in [-0.3, -0.25) is 13.9 Å². The minimum absolute atomic E-state index is 0.151. The molecular formula is C12H18N6O2. The fourth-order valence-corrected chi connectivity index (χ4v) is 1.98. The Kier molecular flexibility index (Phi) is 4.14. The van der Waals surface area contributed by atoms with Crippen molar-refractivity contribution in [3.8, 4) is 0 Å². The zero-order valence-corrected chi connectivity index (χ0v) is 11.6. The van der Waals surface area contributed by atoms with Gasteiger partial charge in [-0.05, 0) is 13.8 Å². The van der Waals surface area contributed by atoms with Crippen LogP contribution in [0.5, 0.6) is 0 Å². The van der Waals surface area contributed by atoms with Crippen LogP contribution in [0.4, 0.5) is 0 Å². The van der Waals surface area contributed by atoms with Crippen LogP contribution in [0.15, 0.2) is 28.2 Å². The van der Waals surface area contributed by atoms with Crippen molar-refractivity contribution >= 4 is 0 Å². The molecule has 0 radical (unpaired) electrons. The van der Waals surface area contributed by atoms with Gasteiger partial charge in [0.2, 0.25) is 0 Å². The lowest BCUT2D eigenvalue weighted by Gasteiger charge is -2.11. The van der Waals surface area contributed by atoms with E-state index in [-0.39, 0.29) is 36.9 Å². The summed E-state index contributed by atoms with van der Waals surface area (Å²) in [6.45, 7) is 4.67. The van der Waals surface area contributed by atoms with Gasteiger partial charge in [0.1, 0.15) is 12.2 Å². The highest BCUT2D eigenvalue weighted by Gasteiger charge is 2.11. The Balaban J connectivity index is 2.39. The van der Waals surface area contributed by atoms with E-state index in [9.17, 15) is 9.59 Å². The van der Waals surface area contributed by atoms with Crippen LogP contribution in [-0.2, 0) is 13.1 Å². The molecule has 8 heteroatoms. The van der Waals surface area contributed by atoms with Crippen LogP contribution >= 0.6 is 0 Å². The molecular weight excluding hydrogens is 260 g/mol. The molecule has 0 aromatic carbocycles. The maximum atomic E-state index is 12.2. The lowest BCUT2D eigenvalue weighted by molar-refractivity contribution is 0.485. The normalized spacial score (nSPS) is 11.2. The zero-order chi connectivity index (χ0) is 14.7. The molecule has 0 aliphatic rings. The van der Waals surface area contributed by atoms with E-state index >= 15 is 0 Å². The van der Waals surface area contributed by atoms with Gasteiger partial charge in [-0.1, -0.05) is 0 Å². The molecule has 2 aromatic heterocycles. The molecule has 0 fully saturated rings. The topological polar surface area (TPSA) is 101 Å². The molecule has 0 amide bonds. The third kappa shape index (κ3) is 2.69. The fourth-order valence-electron chi connectivity index (χ4n) is 1.98. The van der Waals surface area contributed by atoms with Gasteiger partial charge in [0.15, 0.2) is 0 Å². The first-order chi connectivity index (χ1) is 9.54. The van der Waals surface area contributed by atoms with Crippen molar-refractivity contribution in [2.45, 2.75) is 33.0 Å². The molecule has 0 bridgehead atoms. The van der Waals surface area contributed by atoms with Gasteiger partial charge in [0.05, 0.1) is 6.54 Å². The molecule has 0 saturated heterocycles. The molecule has 2 heterocycles. The average molecular weight is 278 g/mol. The summed E-state index contributed by atoms with van der Waals surface area (Å²) in [5, 5.41) is 4.12. The predicted octanol–water partition coefficient (Wildman–Crippen LogP) is -0.811. The molecule has 2 N–H and O–H groups in total. The van der Waals surface area contributed by atoms with Gasteiger partial charge in [0, 0.05) is 31.4 Å². The van der Waals surface area contributed by atoms with Gasteiger partial charge in [0.25, 0.3) is 5.56 Å². The van der Waals surface area contributed by atoms with Crippen molar-refractivity contribution in [1.29, 1.82) is 0 Å².